The first-order valence-electron chi connectivity index (χ1n) is 8.55. The van der Waals surface area contributed by atoms with Crippen LogP contribution in [-0.4, -0.2) is 66.8 Å². The molecule has 10 heteroatoms. The second kappa shape index (κ2) is 10.7. The molecule has 0 aliphatic carbocycles. The SMILES string of the molecule is CN(CC(=O)OCc1cccnc1N(C)C(=O)OCCCl)C(=O)OC(C)(C)C. The molecular formula is C18H26ClN3O6. The predicted octanol–water partition coefficient (Wildman–Crippen LogP) is 2.80. The number of carbonyl (C=O) groups excluding carboxylic acids is 3. The summed E-state index contributed by atoms with van der Waals surface area (Å²) < 4.78 is 15.3. The zero-order valence-corrected chi connectivity index (χ0v) is 17.5. The molecule has 1 aromatic heterocycles. The second-order valence-corrected chi connectivity index (χ2v) is 7.22. The maximum Gasteiger partial charge on any atom is 0.415 e. The average molecular weight is 416 g/mol. The Hall–Kier alpha value is -2.55. The lowest BCUT2D eigenvalue weighted by Crippen LogP contribution is -2.37. The molecule has 0 fully saturated rings. The van der Waals surface area contributed by atoms with E-state index in [4.69, 9.17) is 25.8 Å². The summed E-state index contributed by atoms with van der Waals surface area (Å²) in [5.41, 5.74) is -0.163. The van der Waals surface area contributed by atoms with E-state index in [2.05, 4.69) is 4.98 Å². The molecule has 0 aliphatic rings. The first-order chi connectivity index (χ1) is 13.0. The molecule has 0 radical (unpaired) electrons. The summed E-state index contributed by atoms with van der Waals surface area (Å²) in [6.45, 7) is 4.86. The van der Waals surface area contributed by atoms with Crippen LogP contribution in [0.1, 0.15) is 26.3 Å². The zero-order chi connectivity index (χ0) is 21.3. The van der Waals surface area contributed by atoms with E-state index in [1.165, 1.54) is 25.2 Å². The molecule has 0 spiro atoms. The summed E-state index contributed by atoms with van der Waals surface area (Å²) in [7, 11) is 2.92. The first-order valence-corrected chi connectivity index (χ1v) is 9.08. The van der Waals surface area contributed by atoms with Gasteiger partial charge in [0.2, 0.25) is 0 Å². The van der Waals surface area contributed by atoms with Crippen molar-refractivity contribution >= 4 is 35.6 Å². The first kappa shape index (κ1) is 23.5. The lowest BCUT2D eigenvalue weighted by molar-refractivity contribution is -0.145. The van der Waals surface area contributed by atoms with Gasteiger partial charge in [-0.05, 0) is 26.8 Å². The Kier molecular flexibility index (Phi) is 8.98. The number of esters is 1. The molecule has 0 N–H and O–H groups in total. The molecule has 0 aliphatic heterocycles. The van der Waals surface area contributed by atoms with Crippen LogP contribution in [0.15, 0.2) is 18.3 Å². The number of nitrogens with zero attached hydrogens (tertiary/aromatic N) is 3. The number of aromatic nitrogens is 1. The Morgan fingerprint density at radius 1 is 1.14 bits per heavy atom. The summed E-state index contributed by atoms with van der Waals surface area (Å²) in [6, 6.07) is 3.32. The van der Waals surface area contributed by atoms with Gasteiger partial charge in [-0.25, -0.2) is 14.6 Å². The number of rotatable bonds is 7. The quantitative estimate of drug-likeness (QED) is 0.383. The monoisotopic (exact) mass is 415 g/mol. The topological polar surface area (TPSA) is 98.3 Å². The average Bonchev–Trinajstić information content (AvgIpc) is 2.62. The minimum atomic E-state index is -0.664. The molecule has 2 amide bonds. The summed E-state index contributed by atoms with van der Waals surface area (Å²) >= 11 is 5.51. The molecule has 28 heavy (non-hydrogen) atoms. The molecule has 0 bridgehead atoms. The number of ether oxygens (including phenoxy) is 3. The van der Waals surface area contributed by atoms with Crippen LogP contribution >= 0.6 is 11.6 Å². The molecule has 1 heterocycles. The van der Waals surface area contributed by atoms with Gasteiger partial charge in [0.25, 0.3) is 0 Å². The van der Waals surface area contributed by atoms with Crippen LogP contribution < -0.4 is 4.90 Å². The van der Waals surface area contributed by atoms with Crippen molar-refractivity contribution in [1.82, 2.24) is 9.88 Å². The highest BCUT2D eigenvalue weighted by molar-refractivity contribution is 6.18. The molecule has 0 unspecified atom stereocenters. The fourth-order valence-corrected chi connectivity index (χ4v) is 2.03. The number of carbonyl (C=O) groups is 3. The van der Waals surface area contributed by atoms with Crippen LogP contribution in [0, 0.1) is 0 Å². The van der Waals surface area contributed by atoms with Gasteiger partial charge in [-0.2, -0.15) is 0 Å². The van der Waals surface area contributed by atoms with E-state index in [0.29, 0.717) is 5.56 Å². The zero-order valence-electron chi connectivity index (χ0n) is 16.7. The number of hydrogen-bond acceptors (Lipinski definition) is 7. The number of pyridine rings is 1. The van der Waals surface area contributed by atoms with Crippen molar-refractivity contribution in [2.75, 3.05) is 38.0 Å². The highest BCUT2D eigenvalue weighted by Crippen LogP contribution is 2.18. The van der Waals surface area contributed by atoms with E-state index in [1.54, 1.807) is 32.9 Å². The normalized spacial score (nSPS) is 10.8. The number of hydrogen-bond donors (Lipinski definition) is 0. The van der Waals surface area contributed by atoms with Crippen LogP contribution in [-0.2, 0) is 25.6 Å². The summed E-state index contributed by atoms with van der Waals surface area (Å²) in [4.78, 5) is 42.3. The third-order valence-corrected chi connectivity index (χ3v) is 3.38. The lowest BCUT2D eigenvalue weighted by Gasteiger charge is -2.24. The van der Waals surface area contributed by atoms with Crippen LogP contribution in [0.3, 0.4) is 0 Å². The summed E-state index contributed by atoms with van der Waals surface area (Å²) in [6.07, 6.45) is 0.243. The van der Waals surface area contributed by atoms with Crippen LogP contribution in [0.4, 0.5) is 15.4 Å². The molecule has 1 aromatic rings. The maximum atomic E-state index is 12.0. The molecule has 0 aromatic carbocycles. The van der Waals surface area contributed by atoms with Crippen molar-refractivity contribution in [2.24, 2.45) is 0 Å². The van der Waals surface area contributed by atoms with E-state index in [-0.39, 0.29) is 31.5 Å². The van der Waals surface area contributed by atoms with Gasteiger partial charge in [0.15, 0.2) is 0 Å². The van der Waals surface area contributed by atoms with E-state index in [1.807, 2.05) is 0 Å². The van der Waals surface area contributed by atoms with Crippen LogP contribution in [0.5, 0.6) is 0 Å². The van der Waals surface area contributed by atoms with Gasteiger partial charge in [0.05, 0.1) is 5.88 Å². The second-order valence-electron chi connectivity index (χ2n) is 6.85. The summed E-state index contributed by atoms with van der Waals surface area (Å²) in [5.74, 6) is -0.164. The van der Waals surface area contributed by atoms with Crippen molar-refractivity contribution in [3.05, 3.63) is 23.9 Å². The van der Waals surface area contributed by atoms with Gasteiger partial charge in [-0.1, -0.05) is 6.07 Å². The van der Waals surface area contributed by atoms with E-state index in [9.17, 15) is 14.4 Å². The molecular weight excluding hydrogens is 390 g/mol. The van der Waals surface area contributed by atoms with Crippen molar-refractivity contribution in [1.29, 1.82) is 0 Å². The molecule has 0 atom stereocenters. The Morgan fingerprint density at radius 3 is 2.43 bits per heavy atom. The van der Waals surface area contributed by atoms with Gasteiger partial charge < -0.3 is 19.1 Å². The number of anilines is 1. The highest BCUT2D eigenvalue weighted by atomic mass is 35.5. The summed E-state index contributed by atoms with van der Waals surface area (Å²) in [5, 5.41) is 0. The van der Waals surface area contributed by atoms with Gasteiger partial charge in [-0.15, -0.1) is 11.6 Å². The van der Waals surface area contributed by atoms with Crippen molar-refractivity contribution in [3.63, 3.8) is 0 Å². The van der Waals surface area contributed by atoms with E-state index in [0.717, 1.165) is 4.90 Å². The Labute approximate surface area is 169 Å². The molecule has 0 saturated heterocycles. The van der Waals surface area contributed by atoms with Crippen molar-refractivity contribution < 1.29 is 28.6 Å². The van der Waals surface area contributed by atoms with Gasteiger partial charge in [0.1, 0.15) is 31.2 Å². The predicted molar refractivity (Wildman–Crippen MR) is 103 cm³/mol. The number of amides is 2. The van der Waals surface area contributed by atoms with Crippen molar-refractivity contribution in [3.8, 4) is 0 Å². The highest BCUT2D eigenvalue weighted by Gasteiger charge is 2.22. The Bertz CT molecular complexity index is 692. The van der Waals surface area contributed by atoms with Gasteiger partial charge in [0, 0.05) is 25.9 Å². The van der Waals surface area contributed by atoms with Crippen LogP contribution in [0.25, 0.3) is 0 Å². The van der Waals surface area contributed by atoms with Gasteiger partial charge in [-0.3, -0.25) is 9.69 Å². The number of alkyl halides is 1. The van der Waals surface area contributed by atoms with E-state index >= 15 is 0 Å². The number of likely N-dealkylation sites (N-methyl/N-ethyl adjacent to an activating group) is 1. The van der Waals surface area contributed by atoms with Crippen LogP contribution in [0.2, 0.25) is 0 Å². The maximum absolute atomic E-state index is 12.0. The lowest BCUT2D eigenvalue weighted by atomic mass is 10.2. The minimum absolute atomic E-state index is 0.0683. The smallest absolute Gasteiger partial charge is 0.415 e. The third-order valence-electron chi connectivity index (χ3n) is 3.22. The van der Waals surface area contributed by atoms with Crippen molar-refractivity contribution in [2.45, 2.75) is 33.0 Å². The minimum Gasteiger partial charge on any atom is -0.459 e. The molecule has 156 valence electrons. The largest absolute Gasteiger partial charge is 0.459 e. The third kappa shape index (κ3) is 7.99. The number of halogens is 1. The van der Waals surface area contributed by atoms with E-state index < -0.39 is 23.8 Å². The molecule has 9 nitrogen and oxygen atoms in total. The molecule has 1 rings (SSSR count). The Balaban J connectivity index is 2.66. The Morgan fingerprint density at radius 2 is 1.82 bits per heavy atom. The van der Waals surface area contributed by atoms with Gasteiger partial charge >= 0.3 is 18.2 Å². The fraction of sp³-hybridized carbons (Fsp3) is 0.556. The molecule has 0 saturated carbocycles. The fourth-order valence-electron chi connectivity index (χ4n) is 1.96. The standard InChI is InChI=1S/C18H26ClN3O6/c1-18(2,3)28-16(24)21(4)11-14(23)27-12-13-7-6-9-20-15(13)22(5)17(25)26-10-8-19/h6-7,9H,8,10-12H2,1-5H3.